The number of hydrogen-bond acceptors (Lipinski definition) is 3. The topological polar surface area (TPSA) is 58.6 Å². The van der Waals surface area contributed by atoms with Crippen LogP contribution >= 0.6 is 0 Å². The lowest BCUT2D eigenvalue weighted by atomic mass is 9.90. The number of hydrogen-bond donors (Lipinski definition) is 1. The molecule has 0 bridgehead atoms. The van der Waals surface area contributed by atoms with Gasteiger partial charge in [-0.1, -0.05) is 30.3 Å². The van der Waals surface area contributed by atoms with Gasteiger partial charge in [0.15, 0.2) is 5.54 Å². The van der Waals surface area contributed by atoms with Crippen molar-refractivity contribution in [3.63, 3.8) is 0 Å². The molecule has 102 valence electrons. The first-order chi connectivity index (χ1) is 8.97. The number of carbonyl (C=O) groups is 2. The molecule has 1 saturated heterocycles. The van der Waals surface area contributed by atoms with Crippen molar-refractivity contribution in [1.82, 2.24) is 10.2 Å². The van der Waals surface area contributed by atoms with Crippen LogP contribution in [0.3, 0.4) is 0 Å². The van der Waals surface area contributed by atoms with Crippen molar-refractivity contribution < 1.29 is 14.3 Å². The van der Waals surface area contributed by atoms with Gasteiger partial charge in [-0.25, -0.2) is 4.79 Å². The Labute approximate surface area is 112 Å². The van der Waals surface area contributed by atoms with Crippen molar-refractivity contribution >= 4 is 11.9 Å². The molecule has 0 radical (unpaired) electrons. The van der Waals surface area contributed by atoms with Gasteiger partial charge < -0.3 is 10.1 Å². The molecule has 1 N–H and O–H groups in total. The molecular weight excluding hydrogens is 244 g/mol. The van der Waals surface area contributed by atoms with E-state index in [4.69, 9.17) is 4.74 Å². The van der Waals surface area contributed by atoms with E-state index in [1.165, 1.54) is 7.05 Å². The number of rotatable bonds is 4. The predicted molar refractivity (Wildman–Crippen MR) is 70.5 cm³/mol. The molecule has 3 amide bonds. The van der Waals surface area contributed by atoms with Crippen LogP contribution in [0.25, 0.3) is 0 Å². The standard InChI is InChI=1S/C14H18N2O3/c1-10(2)19-9-14(11-7-5-4-6-8-11)12(17)16(3)13(18)15-14/h4-8,10H,9H2,1-3H3,(H,15,18)/t14-/m1/s1. The van der Waals surface area contributed by atoms with Crippen LogP contribution in [0.15, 0.2) is 30.3 Å². The number of urea groups is 1. The molecule has 0 saturated carbocycles. The van der Waals surface area contributed by atoms with Crippen molar-refractivity contribution in [2.75, 3.05) is 13.7 Å². The highest BCUT2D eigenvalue weighted by Gasteiger charge is 2.51. The average Bonchev–Trinajstić information content (AvgIpc) is 2.63. The van der Waals surface area contributed by atoms with Crippen LogP contribution in [0.5, 0.6) is 0 Å². The first-order valence-electron chi connectivity index (χ1n) is 6.25. The van der Waals surface area contributed by atoms with Gasteiger partial charge in [0.05, 0.1) is 12.7 Å². The third-order valence-electron chi connectivity index (χ3n) is 3.19. The summed E-state index contributed by atoms with van der Waals surface area (Å²) in [5.41, 5.74) is -0.379. The third-order valence-corrected chi connectivity index (χ3v) is 3.19. The number of carbonyl (C=O) groups excluding carboxylic acids is 2. The van der Waals surface area contributed by atoms with Crippen LogP contribution in [-0.4, -0.2) is 36.6 Å². The molecular formula is C14H18N2O3. The van der Waals surface area contributed by atoms with E-state index in [-0.39, 0.29) is 18.6 Å². The Kier molecular flexibility index (Phi) is 3.57. The molecule has 0 aliphatic carbocycles. The number of ether oxygens (including phenoxy) is 1. The number of imide groups is 1. The summed E-state index contributed by atoms with van der Waals surface area (Å²) in [6.45, 7) is 3.91. The van der Waals surface area contributed by atoms with Crippen molar-refractivity contribution in [3.05, 3.63) is 35.9 Å². The van der Waals surface area contributed by atoms with E-state index in [1.54, 1.807) is 0 Å². The lowest BCUT2D eigenvalue weighted by molar-refractivity contribution is -0.133. The Morgan fingerprint density at radius 2 is 1.89 bits per heavy atom. The van der Waals surface area contributed by atoms with Crippen LogP contribution < -0.4 is 5.32 Å². The van der Waals surface area contributed by atoms with E-state index in [0.717, 1.165) is 10.5 Å². The number of nitrogens with zero attached hydrogens (tertiary/aromatic N) is 1. The molecule has 1 aliphatic heterocycles. The lowest BCUT2D eigenvalue weighted by Crippen LogP contribution is -2.48. The van der Waals surface area contributed by atoms with Crippen molar-refractivity contribution in [3.8, 4) is 0 Å². The average molecular weight is 262 g/mol. The number of benzene rings is 1. The Hall–Kier alpha value is -1.88. The zero-order chi connectivity index (χ0) is 14.0. The summed E-state index contributed by atoms with van der Waals surface area (Å²) in [7, 11) is 1.47. The van der Waals surface area contributed by atoms with Crippen LogP contribution in [-0.2, 0) is 15.1 Å². The van der Waals surface area contributed by atoms with Gasteiger partial charge in [-0.15, -0.1) is 0 Å². The molecule has 1 atom stereocenters. The minimum atomic E-state index is -1.11. The summed E-state index contributed by atoms with van der Waals surface area (Å²) in [6.07, 6.45) is -0.0174. The van der Waals surface area contributed by atoms with Crippen LogP contribution in [0.4, 0.5) is 4.79 Å². The Bertz CT molecular complexity index is 487. The van der Waals surface area contributed by atoms with Gasteiger partial charge in [-0.3, -0.25) is 9.69 Å². The molecule has 1 heterocycles. The summed E-state index contributed by atoms with van der Waals surface area (Å²) in [5.74, 6) is -0.288. The molecule has 1 aromatic carbocycles. The maximum atomic E-state index is 12.4. The van der Waals surface area contributed by atoms with Crippen LogP contribution in [0.1, 0.15) is 19.4 Å². The minimum absolute atomic E-state index is 0.0174. The Morgan fingerprint density at radius 1 is 1.26 bits per heavy atom. The molecule has 1 aliphatic rings. The van der Waals surface area contributed by atoms with Crippen LogP contribution in [0.2, 0.25) is 0 Å². The monoisotopic (exact) mass is 262 g/mol. The second kappa shape index (κ2) is 5.01. The van der Waals surface area contributed by atoms with Gasteiger partial charge in [0.2, 0.25) is 0 Å². The highest BCUT2D eigenvalue weighted by molar-refractivity contribution is 6.07. The van der Waals surface area contributed by atoms with Gasteiger partial charge >= 0.3 is 6.03 Å². The molecule has 5 heteroatoms. The zero-order valence-corrected chi connectivity index (χ0v) is 11.3. The minimum Gasteiger partial charge on any atom is -0.375 e. The van der Waals surface area contributed by atoms with E-state index >= 15 is 0 Å². The summed E-state index contributed by atoms with van der Waals surface area (Å²) in [5, 5.41) is 2.75. The van der Waals surface area contributed by atoms with Crippen molar-refractivity contribution in [2.24, 2.45) is 0 Å². The summed E-state index contributed by atoms with van der Waals surface area (Å²) >= 11 is 0. The molecule has 1 aromatic rings. The molecule has 0 spiro atoms. The lowest BCUT2D eigenvalue weighted by Gasteiger charge is -2.27. The van der Waals surface area contributed by atoms with Gasteiger partial charge in [0.25, 0.3) is 5.91 Å². The maximum Gasteiger partial charge on any atom is 0.325 e. The van der Waals surface area contributed by atoms with Crippen LogP contribution in [0, 0.1) is 0 Å². The zero-order valence-electron chi connectivity index (χ0n) is 11.3. The summed E-state index contributed by atoms with van der Waals surface area (Å²) < 4.78 is 5.59. The fraction of sp³-hybridized carbons (Fsp3) is 0.429. The Morgan fingerprint density at radius 3 is 2.37 bits per heavy atom. The van der Waals surface area contributed by atoms with E-state index in [1.807, 2.05) is 44.2 Å². The molecule has 2 rings (SSSR count). The van der Waals surface area contributed by atoms with Crippen molar-refractivity contribution in [1.29, 1.82) is 0 Å². The number of amides is 3. The fourth-order valence-electron chi connectivity index (χ4n) is 2.09. The molecule has 1 fully saturated rings. The van der Waals surface area contributed by atoms with E-state index in [0.29, 0.717) is 0 Å². The predicted octanol–water partition coefficient (Wildman–Crippen LogP) is 1.49. The normalized spacial score (nSPS) is 23.1. The summed E-state index contributed by atoms with van der Waals surface area (Å²) in [4.78, 5) is 25.3. The molecule has 0 aromatic heterocycles. The largest absolute Gasteiger partial charge is 0.375 e. The van der Waals surface area contributed by atoms with E-state index in [9.17, 15) is 9.59 Å². The third kappa shape index (κ3) is 2.33. The van der Waals surface area contributed by atoms with Gasteiger partial charge in [0, 0.05) is 7.05 Å². The smallest absolute Gasteiger partial charge is 0.325 e. The SMILES string of the molecule is CC(C)OC[C@]1(c2ccccc2)NC(=O)N(C)C1=O. The summed E-state index contributed by atoms with van der Waals surface area (Å²) in [6, 6.07) is 8.78. The second-order valence-electron chi connectivity index (χ2n) is 4.93. The maximum absolute atomic E-state index is 12.4. The van der Waals surface area contributed by atoms with Gasteiger partial charge in [0.1, 0.15) is 0 Å². The molecule has 19 heavy (non-hydrogen) atoms. The second-order valence-corrected chi connectivity index (χ2v) is 4.93. The first-order valence-corrected chi connectivity index (χ1v) is 6.25. The first kappa shape index (κ1) is 13.5. The van der Waals surface area contributed by atoms with Gasteiger partial charge in [-0.05, 0) is 19.4 Å². The molecule has 0 unspecified atom stereocenters. The quantitative estimate of drug-likeness (QED) is 0.836. The van der Waals surface area contributed by atoms with E-state index < -0.39 is 11.6 Å². The van der Waals surface area contributed by atoms with E-state index in [2.05, 4.69) is 5.32 Å². The number of nitrogens with one attached hydrogen (secondary N) is 1. The number of likely N-dealkylation sites (N-methyl/N-ethyl adjacent to an activating group) is 1. The highest BCUT2D eigenvalue weighted by atomic mass is 16.5. The highest BCUT2D eigenvalue weighted by Crippen LogP contribution is 2.29. The van der Waals surface area contributed by atoms with Gasteiger partial charge in [-0.2, -0.15) is 0 Å². The van der Waals surface area contributed by atoms with Crippen molar-refractivity contribution in [2.45, 2.75) is 25.5 Å². The Balaban J connectivity index is 2.40. The molecule has 5 nitrogen and oxygen atoms in total. The fourth-order valence-corrected chi connectivity index (χ4v) is 2.09.